The fourth-order valence-electron chi connectivity index (χ4n) is 2.98. The van der Waals surface area contributed by atoms with Gasteiger partial charge < -0.3 is 15.3 Å². The van der Waals surface area contributed by atoms with Crippen molar-refractivity contribution in [3.05, 3.63) is 70.8 Å². The standard InChI is InChI=1S/C20H20N2O4/c23-18(22-12-16-4-1-2-5-17(16)13-22)6-3-11-21-19(24)14-7-9-15(10-8-14)20(25)26/h1-2,4-5,7-10H,3,6,11-13H2,(H,21,24)(H,25,26). The van der Waals surface area contributed by atoms with Gasteiger partial charge in [-0.1, -0.05) is 24.3 Å². The maximum Gasteiger partial charge on any atom is 0.335 e. The van der Waals surface area contributed by atoms with Gasteiger partial charge >= 0.3 is 5.97 Å². The third-order valence-corrected chi connectivity index (χ3v) is 4.44. The second-order valence-electron chi connectivity index (χ2n) is 6.26. The molecule has 0 spiro atoms. The minimum Gasteiger partial charge on any atom is -0.478 e. The van der Waals surface area contributed by atoms with Gasteiger partial charge in [0.1, 0.15) is 0 Å². The lowest BCUT2D eigenvalue weighted by Crippen LogP contribution is -2.28. The van der Waals surface area contributed by atoms with Crippen molar-refractivity contribution in [3.8, 4) is 0 Å². The number of carbonyl (C=O) groups excluding carboxylic acids is 2. The second-order valence-corrected chi connectivity index (χ2v) is 6.26. The zero-order chi connectivity index (χ0) is 18.5. The molecular weight excluding hydrogens is 332 g/mol. The van der Waals surface area contributed by atoms with E-state index in [1.807, 2.05) is 29.2 Å². The van der Waals surface area contributed by atoms with Crippen molar-refractivity contribution in [1.29, 1.82) is 0 Å². The number of carboxylic acids is 1. The van der Waals surface area contributed by atoms with Crippen LogP contribution in [0.5, 0.6) is 0 Å². The molecule has 0 saturated carbocycles. The number of fused-ring (bicyclic) bond motifs is 1. The highest BCUT2D eigenvalue weighted by Crippen LogP contribution is 2.22. The molecule has 0 atom stereocenters. The predicted molar refractivity (Wildman–Crippen MR) is 95.7 cm³/mol. The molecule has 2 aromatic rings. The molecule has 26 heavy (non-hydrogen) atoms. The fraction of sp³-hybridized carbons (Fsp3) is 0.250. The quantitative estimate of drug-likeness (QED) is 0.782. The highest BCUT2D eigenvalue weighted by atomic mass is 16.4. The molecule has 134 valence electrons. The third kappa shape index (κ3) is 4.08. The molecule has 0 aromatic heterocycles. The first-order valence-electron chi connectivity index (χ1n) is 8.50. The lowest BCUT2D eigenvalue weighted by atomic mass is 10.1. The van der Waals surface area contributed by atoms with Gasteiger partial charge in [-0.25, -0.2) is 4.79 Å². The smallest absolute Gasteiger partial charge is 0.335 e. The molecule has 6 heteroatoms. The molecule has 2 N–H and O–H groups in total. The third-order valence-electron chi connectivity index (χ3n) is 4.44. The van der Waals surface area contributed by atoms with Gasteiger partial charge in [0.15, 0.2) is 0 Å². The molecule has 3 rings (SSSR count). The van der Waals surface area contributed by atoms with Gasteiger partial charge in [0.25, 0.3) is 5.91 Å². The molecule has 0 saturated heterocycles. The van der Waals surface area contributed by atoms with E-state index < -0.39 is 5.97 Å². The van der Waals surface area contributed by atoms with Gasteiger partial charge in [0.2, 0.25) is 5.91 Å². The Kier molecular flexibility index (Phi) is 5.31. The minimum atomic E-state index is -1.03. The van der Waals surface area contributed by atoms with E-state index in [0.717, 1.165) is 0 Å². The summed E-state index contributed by atoms with van der Waals surface area (Å²) >= 11 is 0. The Bertz CT molecular complexity index is 805. The van der Waals surface area contributed by atoms with Crippen LogP contribution in [0.4, 0.5) is 0 Å². The molecule has 1 aliphatic rings. The average Bonchev–Trinajstić information content (AvgIpc) is 3.09. The number of hydrogen-bond acceptors (Lipinski definition) is 3. The van der Waals surface area contributed by atoms with Crippen molar-refractivity contribution in [1.82, 2.24) is 10.2 Å². The summed E-state index contributed by atoms with van der Waals surface area (Å²) in [6.45, 7) is 1.70. The predicted octanol–water partition coefficient (Wildman–Crippen LogP) is 2.44. The number of hydrogen-bond donors (Lipinski definition) is 2. The lowest BCUT2D eigenvalue weighted by molar-refractivity contribution is -0.131. The summed E-state index contributed by atoms with van der Waals surface area (Å²) < 4.78 is 0. The van der Waals surface area contributed by atoms with Gasteiger partial charge in [-0.05, 0) is 41.8 Å². The molecular formula is C20H20N2O4. The zero-order valence-corrected chi connectivity index (χ0v) is 14.3. The van der Waals surface area contributed by atoms with E-state index in [9.17, 15) is 14.4 Å². The molecule has 1 heterocycles. The summed E-state index contributed by atoms with van der Waals surface area (Å²) in [6, 6.07) is 13.8. The summed E-state index contributed by atoms with van der Waals surface area (Å²) in [5.74, 6) is -1.22. The van der Waals surface area contributed by atoms with Crippen molar-refractivity contribution < 1.29 is 19.5 Å². The van der Waals surface area contributed by atoms with Crippen molar-refractivity contribution in [2.75, 3.05) is 6.54 Å². The van der Waals surface area contributed by atoms with E-state index in [1.165, 1.54) is 35.4 Å². The van der Waals surface area contributed by atoms with Crippen molar-refractivity contribution in [3.63, 3.8) is 0 Å². The Balaban J connectivity index is 1.41. The Hall–Kier alpha value is -3.15. The first kappa shape index (κ1) is 17.7. The SMILES string of the molecule is O=C(O)c1ccc(C(=O)NCCCC(=O)N2Cc3ccccc3C2)cc1. The summed E-state index contributed by atoms with van der Waals surface area (Å²) in [7, 11) is 0. The number of nitrogens with zero attached hydrogens (tertiary/aromatic N) is 1. The van der Waals surface area contributed by atoms with E-state index in [-0.39, 0.29) is 17.4 Å². The molecule has 2 amide bonds. The summed E-state index contributed by atoms with van der Waals surface area (Å²) in [5, 5.41) is 11.6. The van der Waals surface area contributed by atoms with Crippen LogP contribution in [0.25, 0.3) is 0 Å². The summed E-state index contributed by atoms with van der Waals surface area (Å²) in [6.07, 6.45) is 0.941. The first-order valence-corrected chi connectivity index (χ1v) is 8.50. The van der Waals surface area contributed by atoms with Crippen molar-refractivity contribution in [2.45, 2.75) is 25.9 Å². The maximum atomic E-state index is 12.3. The van der Waals surface area contributed by atoms with Crippen LogP contribution in [-0.4, -0.2) is 34.3 Å². The number of rotatable bonds is 6. The molecule has 2 aromatic carbocycles. The van der Waals surface area contributed by atoms with Gasteiger partial charge in [-0.2, -0.15) is 0 Å². The van der Waals surface area contributed by atoms with Gasteiger partial charge in [0.05, 0.1) is 5.56 Å². The van der Waals surface area contributed by atoms with Crippen LogP contribution in [0.15, 0.2) is 48.5 Å². The molecule has 0 bridgehead atoms. The maximum absolute atomic E-state index is 12.3. The zero-order valence-electron chi connectivity index (χ0n) is 14.3. The van der Waals surface area contributed by atoms with Crippen molar-refractivity contribution >= 4 is 17.8 Å². The van der Waals surface area contributed by atoms with Gasteiger partial charge in [-0.3, -0.25) is 9.59 Å². The monoisotopic (exact) mass is 352 g/mol. The molecule has 0 radical (unpaired) electrons. The fourth-order valence-corrected chi connectivity index (χ4v) is 2.98. The number of benzene rings is 2. The average molecular weight is 352 g/mol. The van der Waals surface area contributed by atoms with Crippen LogP contribution in [-0.2, 0) is 17.9 Å². The van der Waals surface area contributed by atoms with Crippen molar-refractivity contribution in [2.24, 2.45) is 0 Å². The van der Waals surface area contributed by atoms with E-state index in [0.29, 0.717) is 38.0 Å². The van der Waals surface area contributed by atoms with Crippen LogP contribution >= 0.6 is 0 Å². The van der Waals surface area contributed by atoms with Crippen LogP contribution < -0.4 is 5.32 Å². The Morgan fingerprint density at radius 1 is 0.923 bits per heavy atom. The highest BCUT2D eigenvalue weighted by molar-refractivity contribution is 5.95. The van der Waals surface area contributed by atoms with E-state index in [4.69, 9.17) is 5.11 Å². The molecule has 0 aliphatic carbocycles. The van der Waals surface area contributed by atoms with Crippen LogP contribution in [0.3, 0.4) is 0 Å². The highest BCUT2D eigenvalue weighted by Gasteiger charge is 2.22. The van der Waals surface area contributed by atoms with E-state index in [1.54, 1.807) is 0 Å². The van der Waals surface area contributed by atoms with Crippen LogP contribution in [0.1, 0.15) is 44.7 Å². The number of carboxylic acid groups (broad SMARTS) is 1. The van der Waals surface area contributed by atoms with Crippen LogP contribution in [0.2, 0.25) is 0 Å². The Labute approximate surface area is 151 Å². The minimum absolute atomic E-state index is 0.0845. The lowest BCUT2D eigenvalue weighted by Gasteiger charge is -2.15. The molecule has 0 fully saturated rings. The number of nitrogens with one attached hydrogen (secondary N) is 1. The topological polar surface area (TPSA) is 86.7 Å². The normalized spacial score (nSPS) is 12.5. The number of amides is 2. The summed E-state index contributed by atoms with van der Waals surface area (Å²) in [5.41, 5.74) is 2.92. The Morgan fingerprint density at radius 2 is 1.50 bits per heavy atom. The van der Waals surface area contributed by atoms with Crippen LogP contribution in [0, 0.1) is 0 Å². The molecule has 1 aliphatic heterocycles. The Morgan fingerprint density at radius 3 is 2.08 bits per heavy atom. The van der Waals surface area contributed by atoms with E-state index >= 15 is 0 Å². The van der Waals surface area contributed by atoms with Gasteiger partial charge in [0, 0.05) is 31.6 Å². The molecule has 0 unspecified atom stereocenters. The largest absolute Gasteiger partial charge is 0.478 e. The van der Waals surface area contributed by atoms with E-state index in [2.05, 4.69) is 5.32 Å². The number of carbonyl (C=O) groups is 3. The second kappa shape index (κ2) is 7.82. The first-order chi connectivity index (χ1) is 12.5. The summed E-state index contributed by atoms with van der Waals surface area (Å²) in [4.78, 5) is 36.9. The molecule has 6 nitrogen and oxygen atoms in total. The number of aromatic carboxylic acids is 1. The van der Waals surface area contributed by atoms with Gasteiger partial charge in [-0.15, -0.1) is 0 Å².